The van der Waals surface area contributed by atoms with Crippen molar-refractivity contribution in [3.63, 3.8) is 0 Å². The fraction of sp³-hybridized carbons (Fsp3) is 0.902. The highest BCUT2D eigenvalue weighted by atomic mass is 16.3. The van der Waals surface area contributed by atoms with E-state index >= 15 is 0 Å². The third-order valence-corrected chi connectivity index (χ3v) is 11.8. The van der Waals surface area contributed by atoms with Crippen LogP contribution in [-0.2, 0) is 4.79 Å². The SMILES string of the molecule is CCCCC/C=C/CC/C=C/CCCC(O)C(O)C(CO)NC(=O)CCCCCCCCCCCCCCCCCCCCCCCCCCCCCCCC. The van der Waals surface area contributed by atoms with E-state index in [4.69, 9.17) is 0 Å². The molecule has 0 aromatic rings. The van der Waals surface area contributed by atoms with E-state index in [1.807, 2.05) is 0 Å². The van der Waals surface area contributed by atoms with Gasteiger partial charge in [-0.05, 0) is 51.4 Å². The van der Waals surface area contributed by atoms with Crippen LogP contribution in [0.3, 0.4) is 0 Å². The minimum absolute atomic E-state index is 0.155. The molecule has 0 radical (unpaired) electrons. The highest BCUT2D eigenvalue weighted by Crippen LogP contribution is 2.17. The van der Waals surface area contributed by atoms with Crippen LogP contribution in [0.1, 0.15) is 271 Å². The van der Waals surface area contributed by atoms with Gasteiger partial charge in [-0.1, -0.05) is 237 Å². The van der Waals surface area contributed by atoms with Crippen LogP contribution in [-0.4, -0.2) is 46.1 Å². The van der Waals surface area contributed by atoms with Crippen LogP contribution in [0.25, 0.3) is 0 Å². The van der Waals surface area contributed by atoms with E-state index in [-0.39, 0.29) is 12.5 Å². The monoisotopic (exact) mass is 790 g/mol. The summed E-state index contributed by atoms with van der Waals surface area (Å²) in [6.45, 7) is 4.15. The van der Waals surface area contributed by atoms with Crippen molar-refractivity contribution < 1.29 is 20.1 Å². The molecule has 1 amide bonds. The normalized spacial score (nSPS) is 13.6. The molecule has 0 aromatic carbocycles. The maximum atomic E-state index is 12.4. The van der Waals surface area contributed by atoms with E-state index in [2.05, 4.69) is 43.5 Å². The van der Waals surface area contributed by atoms with Gasteiger partial charge in [-0.2, -0.15) is 0 Å². The van der Waals surface area contributed by atoms with Crippen LogP contribution < -0.4 is 5.32 Å². The third-order valence-electron chi connectivity index (χ3n) is 11.8. The molecule has 3 unspecified atom stereocenters. The standard InChI is InChI=1S/C51H99NO4/c1-3-5-7-9-11-13-15-17-18-19-20-21-22-23-24-25-26-27-28-29-30-31-32-33-34-36-38-40-42-44-46-50(55)52-48(47-53)51(56)49(54)45-43-41-39-37-35-16-14-12-10-8-6-4-2/h12,14,37,39,48-49,51,53-54,56H,3-11,13,15-36,38,40-47H2,1-2H3,(H,52,55)/b14-12+,39-37+. The second kappa shape index (κ2) is 46.5. The van der Waals surface area contributed by atoms with Gasteiger partial charge in [0, 0.05) is 6.42 Å². The van der Waals surface area contributed by atoms with Crippen molar-refractivity contribution in [3.05, 3.63) is 24.3 Å². The molecule has 0 rings (SSSR count). The Hall–Kier alpha value is -1.17. The van der Waals surface area contributed by atoms with Crippen LogP contribution in [0.5, 0.6) is 0 Å². The molecule has 0 heterocycles. The summed E-state index contributed by atoms with van der Waals surface area (Å²) in [5.74, 6) is -0.155. The van der Waals surface area contributed by atoms with Crippen LogP contribution in [0, 0.1) is 0 Å². The highest BCUT2D eigenvalue weighted by Gasteiger charge is 2.26. The van der Waals surface area contributed by atoms with Crippen molar-refractivity contribution in [1.29, 1.82) is 0 Å². The summed E-state index contributed by atoms with van der Waals surface area (Å²) in [4.78, 5) is 12.4. The Morgan fingerprint density at radius 2 is 0.732 bits per heavy atom. The second-order valence-corrected chi connectivity index (χ2v) is 17.4. The smallest absolute Gasteiger partial charge is 0.220 e. The molecule has 56 heavy (non-hydrogen) atoms. The molecule has 0 spiro atoms. The zero-order valence-electron chi connectivity index (χ0n) is 37.8. The van der Waals surface area contributed by atoms with E-state index in [0.717, 1.165) is 44.9 Å². The van der Waals surface area contributed by atoms with Crippen molar-refractivity contribution >= 4 is 5.91 Å². The van der Waals surface area contributed by atoms with Crippen molar-refractivity contribution in [2.45, 2.75) is 289 Å². The van der Waals surface area contributed by atoms with E-state index in [1.54, 1.807) is 0 Å². The van der Waals surface area contributed by atoms with Gasteiger partial charge in [-0.25, -0.2) is 0 Å². The molecule has 5 heteroatoms. The fourth-order valence-electron chi connectivity index (χ4n) is 7.89. The van der Waals surface area contributed by atoms with Crippen LogP contribution in [0.2, 0.25) is 0 Å². The van der Waals surface area contributed by atoms with Gasteiger partial charge in [0.2, 0.25) is 5.91 Å². The number of unbranched alkanes of at least 4 members (excludes halogenated alkanes) is 34. The minimum Gasteiger partial charge on any atom is -0.394 e. The number of hydrogen-bond donors (Lipinski definition) is 4. The Labute approximate surface area is 350 Å². The van der Waals surface area contributed by atoms with Gasteiger partial charge < -0.3 is 20.6 Å². The predicted octanol–water partition coefficient (Wildman–Crippen LogP) is 14.9. The number of rotatable bonds is 46. The summed E-state index contributed by atoms with van der Waals surface area (Å²) in [7, 11) is 0. The van der Waals surface area contributed by atoms with Gasteiger partial charge in [-0.15, -0.1) is 0 Å². The van der Waals surface area contributed by atoms with Gasteiger partial charge in [0.05, 0.1) is 18.8 Å². The molecule has 332 valence electrons. The number of aliphatic hydroxyl groups excluding tert-OH is 3. The maximum Gasteiger partial charge on any atom is 0.220 e. The first-order chi connectivity index (χ1) is 27.6. The second-order valence-electron chi connectivity index (χ2n) is 17.4. The lowest BCUT2D eigenvalue weighted by Gasteiger charge is -2.26. The summed E-state index contributed by atoms with van der Waals surface area (Å²) >= 11 is 0. The van der Waals surface area contributed by atoms with Gasteiger partial charge in [-0.3, -0.25) is 4.79 Å². The zero-order valence-corrected chi connectivity index (χ0v) is 37.8. The number of aliphatic hydroxyl groups is 3. The first-order valence-corrected chi connectivity index (χ1v) is 25.1. The van der Waals surface area contributed by atoms with Crippen LogP contribution >= 0.6 is 0 Å². The van der Waals surface area contributed by atoms with Gasteiger partial charge in [0.25, 0.3) is 0 Å². The number of amides is 1. The van der Waals surface area contributed by atoms with Crippen molar-refractivity contribution in [2.24, 2.45) is 0 Å². The van der Waals surface area contributed by atoms with Crippen molar-refractivity contribution in [3.8, 4) is 0 Å². The van der Waals surface area contributed by atoms with E-state index in [0.29, 0.717) is 12.8 Å². The third kappa shape index (κ3) is 41.0. The average molecular weight is 790 g/mol. The van der Waals surface area contributed by atoms with Gasteiger partial charge in [0.1, 0.15) is 6.10 Å². The topological polar surface area (TPSA) is 89.8 Å². The fourth-order valence-corrected chi connectivity index (χ4v) is 7.89. The summed E-state index contributed by atoms with van der Waals surface area (Å²) in [6.07, 6.45) is 57.6. The van der Waals surface area contributed by atoms with Crippen molar-refractivity contribution in [1.82, 2.24) is 5.32 Å². The quantitative estimate of drug-likeness (QED) is 0.0365. The first kappa shape index (κ1) is 54.8. The molecule has 5 nitrogen and oxygen atoms in total. The van der Waals surface area contributed by atoms with Gasteiger partial charge >= 0.3 is 0 Å². The Kier molecular flexibility index (Phi) is 45.5. The molecule has 4 N–H and O–H groups in total. The summed E-state index contributed by atoms with van der Waals surface area (Å²) in [6, 6.07) is -0.828. The summed E-state index contributed by atoms with van der Waals surface area (Å²) in [5, 5.41) is 33.5. The Morgan fingerprint density at radius 1 is 0.429 bits per heavy atom. The molecular weight excluding hydrogens is 691 g/mol. The Morgan fingerprint density at radius 3 is 1.09 bits per heavy atom. The number of carbonyl (C=O) groups is 1. The lowest BCUT2D eigenvalue weighted by Crippen LogP contribution is -2.50. The number of nitrogens with one attached hydrogen (secondary N) is 1. The summed E-state index contributed by atoms with van der Waals surface area (Å²) in [5.41, 5.74) is 0. The maximum absolute atomic E-state index is 12.4. The molecule has 0 saturated carbocycles. The molecule has 0 aliphatic rings. The van der Waals surface area contributed by atoms with Crippen molar-refractivity contribution in [2.75, 3.05) is 6.61 Å². The molecule has 0 bridgehead atoms. The van der Waals surface area contributed by atoms with E-state index < -0.39 is 18.2 Å². The molecule has 0 aromatic heterocycles. The number of allylic oxidation sites excluding steroid dienone is 4. The lowest BCUT2D eigenvalue weighted by atomic mass is 10.0. The molecule has 0 saturated heterocycles. The minimum atomic E-state index is -1.16. The molecule has 0 aliphatic heterocycles. The van der Waals surface area contributed by atoms with Gasteiger partial charge in [0.15, 0.2) is 0 Å². The zero-order chi connectivity index (χ0) is 40.8. The van der Waals surface area contributed by atoms with E-state index in [1.165, 1.54) is 199 Å². The van der Waals surface area contributed by atoms with E-state index in [9.17, 15) is 20.1 Å². The highest BCUT2D eigenvalue weighted by molar-refractivity contribution is 5.76. The molecule has 3 atom stereocenters. The Balaban J connectivity index is 3.49. The molecule has 0 aliphatic carbocycles. The Bertz CT molecular complexity index is 829. The summed E-state index contributed by atoms with van der Waals surface area (Å²) < 4.78 is 0. The predicted molar refractivity (Wildman–Crippen MR) is 245 cm³/mol. The largest absolute Gasteiger partial charge is 0.394 e. The lowest BCUT2D eigenvalue weighted by molar-refractivity contribution is -0.124. The molecule has 0 fully saturated rings. The molecular formula is C51H99NO4. The first-order valence-electron chi connectivity index (χ1n) is 25.1. The van der Waals surface area contributed by atoms with Crippen LogP contribution in [0.15, 0.2) is 24.3 Å². The average Bonchev–Trinajstić information content (AvgIpc) is 3.20. The van der Waals surface area contributed by atoms with Crippen LogP contribution in [0.4, 0.5) is 0 Å². The number of hydrogen-bond acceptors (Lipinski definition) is 4. The number of carbonyl (C=O) groups excluding carboxylic acids is 1.